The fraction of sp³-hybridized carbons (Fsp3) is 0.455. The molecule has 2 rings (SSSR count). The minimum absolute atomic E-state index is 0.00951. The van der Waals surface area contributed by atoms with E-state index in [9.17, 15) is 4.79 Å². The zero-order chi connectivity index (χ0) is 11.8. The fourth-order valence-electron chi connectivity index (χ4n) is 1.47. The van der Waals surface area contributed by atoms with E-state index in [0.29, 0.717) is 11.4 Å². The van der Waals surface area contributed by atoms with Crippen molar-refractivity contribution in [3.8, 4) is 0 Å². The molecule has 1 aliphatic rings. The van der Waals surface area contributed by atoms with Gasteiger partial charge in [0.15, 0.2) is 0 Å². The number of carbonyl (C=O) groups is 1. The number of anilines is 1. The number of aromatic nitrogens is 1. The van der Waals surface area contributed by atoms with Crippen molar-refractivity contribution < 1.29 is 4.79 Å². The largest absolute Gasteiger partial charge is 0.372 e. The van der Waals surface area contributed by atoms with Crippen molar-refractivity contribution in [2.24, 2.45) is 0 Å². The average Bonchev–Trinajstić information content (AvgIpc) is 2.96. The highest BCUT2D eigenvalue weighted by Crippen LogP contribution is 2.34. The molecule has 0 unspecified atom stereocenters. The Kier molecular flexibility index (Phi) is 2.88. The molecule has 0 radical (unpaired) electrons. The van der Waals surface area contributed by atoms with E-state index in [4.69, 9.17) is 0 Å². The number of carbonyl (C=O) groups excluding carboxylic acids is 1. The van der Waals surface area contributed by atoms with Gasteiger partial charge in [-0.2, -0.15) is 0 Å². The molecule has 1 aromatic heterocycles. The molecular weight excluding hydrogens is 270 g/mol. The number of amides is 1. The maximum absolute atomic E-state index is 12.0. The Morgan fingerprint density at radius 3 is 2.81 bits per heavy atom. The zero-order valence-corrected chi connectivity index (χ0v) is 10.9. The third kappa shape index (κ3) is 2.35. The van der Waals surface area contributed by atoms with Crippen molar-refractivity contribution in [1.29, 1.82) is 0 Å². The Balaban J connectivity index is 2.24. The summed E-state index contributed by atoms with van der Waals surface area (Å²) in [5.41, 5.74) is 0.565. The molecular formula is C11H14BrN3O. The first kappa shape index (κ1) is 11.4. The lowest BCUT2D eigenvalue weighted by molar-refractivity contribution is 0.0936. The van der Waals surface area contributed by atoms with E-state index < -0.39 is 0 Å². The highest BCUT2D eigenvalue weighted by Gasteiger charge is 2.39. The quantitative estimate of drug-likeness (QED) is 0.894. The molecule has 0 spiro atoms. The topological polar surface area (TPSA) is 54.0 Å². The summed E-state index contributed by atoms with van der Waals surface area (Å²) in [5.74, 6) is 0.531. The minimum Gasteiger partial charge on any atom is -0.372 e. The molecule has 1 aromatic rings. The Morgan fingerprint density at radius 1 is 1.56 bits per heavy atom. The highest BCUT2D eigenvalue weighted by molar-refractivity contribution is 9.10. The van der Waals surface area contributed by atoms with Crippen LogP contribution in [0.4, 0.5) is 5.82 Å². The van der Waals surface area contributed by atoms with Crippen LogP contribution in [0.1, 0.15) is 30.1 Å². The predicted octanol–water partition coefficient (Wildman–Crippen LogP) is 2.17. The molecule has 0 aromatic carbocycles. The standard InChI is InChI=1S/C11H14BrN3O/c1-11(3-4-11)15-10(16)8-5-7(12)6-14-9(8)13-2/h5-6H,3-4H2,1-2H3,(H,13,14)(H,15,16). The van der Waals surface area contributed by atoms with Crippen LogP contribution in [0.2, 0.25) is 0 Å². The SMILES string of the molecule is CNc1ncc(Br)cc1C(=O)NC1(C)CC1. The molecule has 1 heterocycles. The van der Waals surface area contributed by atoms with Crippen molar-refractivity contribution in [2.45, 2.75) is 25.3 Å². The molecule has 1 amide bonds. The number of nitrogens with one attached hydrogen (secondary N) is 2. The van der Waals surface area contributed by atoms with Gasteiger partial charge in [0.25, 0.3) is 5.91 Å². The van der Waals surface area contributed by atoms with E-state index >= 15 is 0 Å². The van der Waals surface area contributed by atoms with E-state index in [2.05, 4.69) is 38.5 Å². The number of pyridine rings is 1. The van der Waals surface area contributed by atoms with Gasteiger partial charge in [-0.15, -0.1) is 0 Å². The van der Waals surface area contributed by atoms with Gasteiger partial charge < -0.3 is 10.6 Å². The molecule has 1 fully saturated rings. The molecule has 0 saturated heterocycles. The van der Waals surface area contributed by atoms with Crippen molar-refractivity contribution in [1.82, 2.24) is 10.3 Å². The maximum Gasteiger partial charge on any atom is 0.255 e. The summed E-state index contributed by atoms with van der Waals surface area (Å²) < 4.78 is 0.803. The third-order valence-electron chi connectivity index (χ3n) is 2.75. The minimum atomic E-state index is -0.0712. The summed E-state index contributed by atoms with van der Waals surface area (Å²) in [6.07, 6.45) is 3.77. The van der Waals surface area contributed by atoms with E-state index in [1.165, 1.54) is 0 Å². The first-order valence-electron chi connectivity index (χ1n) is 5.20. The summed E-state index contributed by atoms with van der Waals surface area (Å²) in [7, 11) is 1.76. The van der Waals surface area contributed by atoms with Crippen molar-refractivity contribution in [3.05, 3.63) is 22.3 Å². The van der Waals surface area contributed by atoms with Crippen LogP contribution in [0, 0.1) is 0 Å². The molecule has 1 saturated carbocycles. The summed E-state index contributed by atoms with van der Waals surface area (Å²) in [4.78, 5) is 16.2. The normalized spacial score (nSPS) is 16.7. The van der Waals surface area contributed by atoms with Crippen LogP contribution < -0.4 is 10.6 Å². The summed E-state index contributed by atoms with van der Waals surface area (Å²) in [6, 6.07) is 1.78. The second-order valence-electron chi connectivity index (χ2n) is 4.31. The number of hydrogen-bond donors (Lipinski definition) is 2. The highest BCUT2D eigenvalue weighted by atomic mass is 79.9. The lowest BCUT2D eigenvalue weighted by Gasteiger charge is -2.13. The third-order valence-corrected chi connectivity index (χ3v) is 3.18. The van der Waals surface area contributed by atoms with Crippen LogP contribution in [0.25, 0.3) is 0 Å². The van der Waals surface area contributed by atoms with Crippen LogP contribution >= 0.6 is 15.9 Å². The molecule has 4 nitrogen and oxygen atoms in total. The van der Waals surface area contributed by atoms with Crippen molar-refractivity contribution in [2.75, 3.05) is 12.4 Å². The van der Waals surface area contributed by atoms with Crippen LogP contribution in [-0.2, 0) is 0 Å². The number of hydrogen-bond acceptors (Lipinski definition) is 3. The molecule has 0 bridgehead atoms. The summed E-state index contributed by atoms with van der Waals surface area (Å²) in [5, 5.41) is 5.93. The first-order valence-corrected chi connectivity index (χ1v) is 5.99. The fourth-order valence-corrected chi connectivity index (χ4v) is 1.80. The molecule has 2 N–H and O–H groups in total. The Bertz CT molecular complexity index is 429. The van der Waals surface area contributed by atoms with E-state index in [-0.39, 0.29) is 11.4 Å². The van der Waals surface area contributed by atoms with Crippen LogP contribution in [-0.4, -0.2) is 23.5 Å². The lowest BCUT2D eigenvalue weighted by Crippen LogP contribution is -2.34. The van der Waals surface area contributed by atoms with E-state index in [0.717, 1.165) is 17.3 Å². The Labute approximate surface area is 103 Å². The van der Waals surface area contributed by atoms with Crippen LogP contribution in [0.15, 0.2) is 16.7 Å². The molecule has 86 valence electrons. The molecule has 5 heteroatoms. The lowest BCUT2D eigenvalue weighted by atomic mass is 10.2. The van der Waals surface area contributed by atoms with Gasteiger partial charge in [0, 0.05) is 23.3 Å². The van der Waals surface area contributed by atoms with Crippen LogP contribution in [0.5, 0.6) is 0 Å². The summed E-state index contributed by atoms with van der Waals surface area (Å²) >= 11 is 3.32. The second kappa shape index (κ2) is 4.05. The van der Waals surface area contributed by atoms with E-state index in [1.807, 2.05) is 0 Å². The molecule has 1 aliphatic carbocycles. The predicted molar refractivity (Wildman–Crippen MR) is 66.6 cm³/mol. The molecule has 0 atom stereocenters. The monoisotopic (exact) mass is 283 g/mol. The van der Waals surface area contributed by atoms with Gasteiger partial charge in [0.05, 0.1) is 5.56 Å². The van der Waals surface area contributed by atoms with Gasteiger partial charge in [-0.25, -0.2) is 4.98 Å². The number of halogens is 1. The van der Waals surface area contributed by atoms with Gasteiger partial charge in [0.1, 0.15) is 5.82 Å². The molecule has 16 heavy (non-hydrogen) atoms. The Morgan fingerprint density at radius 2 is 2.25 bits per heavy atom. The smallest absolute Gasteiger partial charge is 0.255 e. The average molecular weight is 284 g/mol. The van der Waals surface area contributed by atoms with Crippen molar-refractivity contribution >= 4 is 27.7 Å². The maximum atomic E-state index is 12.0. The zero-order valence-electron chi connectivity index (χ0n) is 9.30. The summed E-state index contributed by atoms with van der Waals surface area (Å²) in [6.45, 7) is 2.05. The Hall–Kier alpha value is -1.10. The van der Waals surface area contributed by atoms with Gasteiger partial charge >= 0.3 is 0 Å². The number of rotatable bonds is 3. The van der Waals surface area contributed by atoms with Gasteiger partial charge in [-0.05, 0) is 41.8 Å². The van der Waals surface area contributed by atoms with Gasteiger partial charge in [-0.3, -0.25) is 4.79 Å². The second-order valence-corrected chi connectivity index (χ2v) is 5.23. The van der Waals surface area contributed by atoms with Crippen LogP contribution in [0.3, 0.4) is 0 Å². The molecule has 0 aliphatic heterocycles. The number of nitrogens with zero attached hydrogens (tertiary/aromatic N) is 1. The van der Waals surface area contributed by atoms with E-state index in [1.54, 1.807) is 19.3 Å². The first-order chi connectivity index (χ1) is 7.54. The van der Waals surface area contributed by atoms with Crippen molar-refractivity contribution in [3.63, 3.8) is 0 Å². The van der Waals surface area contributed by atoms with Gasteiger partial charge in [0.2, 0.25) is 0 Å². The van der Waals surface area contributed by atoms with Gasteiger partial charge in [-0.1, -0.05) is 0 Å².